The third-order valence-electron chi connectivity index (χ3n) is 22.2. The maximum atomic E-state index is 12.9. The number of fused-ring (bicyclic) bond motifs is 5. The van der Waals surface area contributed by atoms with E-state index >= 15 is 0 Å². The number of anilines is 10. The lowest BCUT2D eigenvalue weighted by Gasteiger charge is -2.29. The molecule has 0 atom stereocenters. The molecule has 0 saturated carbocycles. The Labute approximate surface area is 800 Å². The van der Waals surface area contributed by atoms with Crippen molar-refractivity contribution in [2.45, 2.75) is 59.0 Å². The van der Waals surface area contributed by atoms with Gasteiger partial charge in [-0.3, -0.25) is 68.6 Å². The number of benzene rings is 5. The minimum Gasteiger partial charge on any atom is -0.491 e. The molecule has 5 amide bonds. The second-order valence-corrected chi connectivity index (χ2v) is 34.4. The number of alkyl halides is 6. The second kappa shape index (κ2) is 41.3. The first-order valence-electron chi connectivity index (χ1n) is 43.3. The lowest BCUT2D eigenvalue weighted by Crippen LogP contribution is -2.46. The SMILES string of the molecule is C=C1C=Cc2cc(C(=O)N3CCNCC3)[nH]c2N1c1ccc(OC(C)C)cc1.C=C1C=Cc2cc(C(=O)NCc3ccncc3)[nH]c2N1c1ccc(Cl)cc1.C=C1C=Cc2cc(C(=O)Nc3nccs3)[nH]c2N1c1ccc(OC(F)(F)F)cc1.C=C1C=Cc2cc(C(=O)Nc3nccs3)n(C)c2N1c1ccc(OC(F)(F)F)cc1.Cc1cccc(-n2c(=O)ccc3cc(C(=O)N4CCCC4)[nH]c32)c1. The van der Waals surface area contributed by atoms with Crippen LogP contribution in [0.4, 0.5) is 82.6 Å². The van der Waals surface area contributed by atoms with E-state index in [-0.39, 0.29) is 52.7 Å². The fourth-order valence-corrected chi connectivity index (χ4v) is 17.1. The Morgan fingerprint density at radius 1 is 0.493 bits per heavy atom. The van der Waals surface area contributed by atoms with Crippen LogP contribution in [0.15, 0.2) is 290 Å². The van der Waals surface area contributed by atoms with Crippen LogP contribution in [-0.2, 0) is 13.6 Å². The summed E-state index contributed by atoms with van der Waals surface area (Å²) in [5.74, 6) is 2.29. The van der Waals surface area contributed by atoms with Crippen LogP contribution in [0.5, 0.6) is 17.2 Å². The van der Waals surface area contributed by atoms with Crippen LogP contribution in [-0.4, -0.2) is 141 Å². The normalized spacial score (nSPS) is 14.1. The molecule has 0 radical (unpaired) electrons. The van der Waals surface area contributed by atoms with Crippen molar-refractivity contribution in [2.75, 3.05) is 69.5 Å². The zero-order valence-corrected chi connectivity index (χ0v) is 77.0. The zero-order valence-electron chi connectivity index (χ0n) is 74.7. The van der Waals surface area contributed by atoms with E-state index in [9.17, 15) is 55.1 Å². The molecule has 28 nitrogen and oxygen atoms in total. The van der Waals surface area contributed by atoms with Crippen molar-refractivity contribution in [1.29, 1.82) is 0 Å². The lowest BCUT2D eigenvalue weighted by atomic mass is 10.1. The van der Waals surface area contributed by atoms with Gasteiger partial charge in [0.25, 0.3) is 35.1 Å². The van der Waals surface area contributed by atoms with Crippen molar-refractivity contribution >= 4 is 155 Å². The van der Waals surface area contributed by atoms with E-state index in [2.05, 4.69) is 91.9 Å². The molecule has 0 bridgehead atoms. The fraction of sp³-hybridized carbons (Fsp3) is 0.158. The van der Waals surface area contributed by atoms with Crippen LogP contribution in [0.2, 0.25) is 5.02 Å². The van der Waals surface area contributed by atoms with Gasteiger partial charge in [0.1, 0.15) is 74.6 Å². The number of halogens is 7. The second-order valence-electron chi connectivity index (χ2n) is 32.2. The van der Waals surface area contributed by atoms with Crippen molar-refractivity contribution < 1.29 is 64.5 Å². The standard InChI is InChI=1S/C22H26N4O2.C21H17ClN4O.C20H15F3N4O2S.C19H13F3N4O2S.C19H19N3O2/c1-15(2)28-19-8-6-18(7-9-19)26-16(3)4-5-17-14-20(24-21(17)26)22(27)25-12-10-23-11-13-25;1-14-2-3-16-12-19(21(27)24-13-15-8-10-23-11-9-15)25-20(16)26(14)18-6-4-17(22)5-7-18;1-12-3-4-13-11-16(17(28)25-19-24-9-10-30-19)26(2)18(13)27(12)14-5-7-15(8-6-14)29-20(21,22)23;1-11-2-3-12-10-15(17(27)25-18-23-8-9-29-18)24-16(12)26(11)13-4-6-14(7-5-13)28-19(20,21)22;1-13-5-4-6-15(11-13)22-17(23)8-7-14-12-16(20-18(14)22)19(24)21-9-2-3-10-21/h4-9,14-15,23-24H,3,10-13H2,1-2H3;2-12,25H,1,13H2,(H,24,27);3-11H,1H2,2H3,(H,24,25,28);2-10,24H,1H2,(H,23,25,27);4-8,11-12,20H,2-3,9-10H2,1H3. The molecule has 14 aromatic rings. The summed E-state index contributed by atoms with van der Waals surface area (Å²) >= 11 is 8.60. The topological polar surface area (TPSA) is 309 Å². The number of nitrogens with one attached hydrogen (secondary N) is 8. The number of allylic oxidation sites excluding steroid dienone is 4. The number of aromatic nitrogens is 9. The Morgan fingerprint density at radius 2 is 0.949 bits per heavy atom. The molecule has 138 heavy (non-hydrogen) atoms. The average molecular weight is 1930 g/mol. The summed E-state index contributed by atoms with van der Waals surface area (Å²) in [6.45, 7) is 27.4. The largest absolute Gasteiger partial charge is 0.573 e. The number of likely N-dealkylation sites (tertiary alicyclic amines) is 1. The maximum Gasteiger partial charge on any atom is 0.573 e. The van der Waals surface area contributed by atoms with Crippen molar-refractivity contribution in [3.63, 3.8) is 0 Å². The van der Waals surface area contributed by atoms with Crippen LogP contribution < -0.4 is 60.6 Å². The number of carbonyl (C=O) groups is 5. The van der Waals surface area contributed by atoms with Crippen LogP contribution in [0.25, 0.3) is 41.0 Å². The zero-order chi connectivity index (χ0) is 97.2. The van der Waals surface area contributed by atoms with Crippen LogP contribution in [0, 0.1) is 6.92 Å². The van der Waals surface area contributed by atoms with Crippen LogP contribution in [0.3, 0.4) is 0 Å². The quantitative estimate of drug-likeness (QED) is 0.0370. The number of aryl methyl sites for hydroxylation is 1. The van der Waals surface area contributed by atoms with Crippen molar-refractivity contribution in [2.24, 2.45) is 7.05 Å². The van der Waals surface area contributed by atoms with E-state index in [4.69, 9.17) is 16.3 Å². The molecular formula is C101H90ClF6N19O9S2. The Bertz CT molecular complexity index is 7090. The van der Waals surface area contributed by atoms with Gasteiger partial charge in [-0.2, -0.15) is 0 Å². The fourth-order valence-electron chi connectivity index (χ4n) is 15.9. The number of thiazole rings is 2. The van der Waals surface area contributed by atoms with Crippen molar-refractivity contribution in [3.8, 4) is 22.9 Å². The molecule has 6 aliphatic heterocycles. The van der Waals surface area contributed by atoms with Crippen LogP contribution >= 0.6 is 34.3 Å². The van der Waals surface area contributed by atoms with E-state index in [0.29, 0.717) is 90.4 Å². The van der Waals surface area contributed by atoms with Gasteiger partial charge in [-0.05, 0) is 251 Å². The molecule has 2 fully saturated rings. The molecule has 20 rings (SSSR count). The maximum absolute atomic E-state index is 12.9. The predicted molar refractivity (Wildman–Crippen MR) is 527 cm³/mol. The number of ether oxygens (including phenoxy) is 3. The van der Waals surface area contributed by atoms with E-state index in [0.717, 1.165) is 137 Å². The van der Waals surface area contributed by atoms with Gasteiger partial charge < -0.3 is 59.1 Å². The summed E-state index contributed by atoms with van der Waals surface area (Å²) < 4.78 is 91.3. The van der Waals surface area contributed by atoms with Gasteiger partial charge >= 0.3 is 12.7 Å². The van der Waals surface area contributed by atoms with Gasteiger partial charge in [0.2, 0.25) is 0 Å². The number of H-pyrrole nitrogens is 4. The molecule has 6 aliphatic rings. The first kappa shape index (κ1) is 95.0. The molecule has 9 aromatic heterocycles. The molecule has 37 heteroatoms. The first-order chi connectivity index (χ1) is 66.3. The minimum absolute atomic E-state index is 0.00643. The third kappa shape index (κ3) is 22.4. The molecule has 704 valence electrons. The Balaban J connectivity index is 0.000000125. The molecule has 15 heterocycles. The van der Waals surface area contributed by atoms with Crippen LogP contribution in [0.1, 0.15) is 113 Å². The number of hydrogen-bond acceptors (Lipinski definition) is 19. The van der Waals surface area contributed by atoms with E-state index < -0.39 is 12.7 Å². The first-order valence-corrected chi connectivity index (χ1v) is 45.5. The number of amides is 5. The Hall–Kier alpha value is -16.2. The summed E-state index contributed by atoms with van der Waals surface area (Å²) in [4.78, 5) is 112. The molecule has 5 aromatic carbocycles. The highest BCUT2D eigenvalue weighted by Gasteiger charge is 2.35. The van der Waals surface area contributed by atoms with E-state index in [1.54, 1.807) is 104 Å². The molecule has 2 saturated heterocycles. The van der Waals surface area contributed by atoms with Gasteiger partial charge in [0.15, 0.2) is 10.3 Å². The number of rotatable bonds is 18. The van der Waals surface area contributed by atoms with Crippen molar-refractivity contribution in [3.05, 3.63) is 362 Å². The smallest absolute Gasteiger partial charge is 0.491 e. The number of hydrogen-bond donors (Lipinski definition) is 8. The average Bonchev–Trinajstić information content (AvgIpc) is 1.63. The highest BCUT2D eigenvalue weighted by molar-refractivity contribution is 7.14. The van der Waals surface area contributed by atoms with E-state index in [1.807, 2.05) is 174 Å². The van der Waals surface area contributed by atoms with Gasteiger partial charge in [-0.15, -0.1) is 49.0 Å². The third-order valence-corrected chi connectivity index (χ3v) is 23.8. The Kier molecular flexibility index (Phi) is 28.5. The minimum atomic E-state index is -4.76. The number of carbonyl (C=O) groups excluding carboxylic acids is 5. The lowest BCUT2D eigenvalue weighted by molar-refractivity contribution is -0.275. The van der Waals surface area contributed by atoms with Gasteiger partial charge in [0, 0.05) is 173 Å². The molecule has 0 unspecified atom stereocenters. The number of pyridine rings is 2. The van der Waals surface area contributed by atoms with Gasteiger partial charge in [0.05, 0.1) is 11.8 Å². The number of nitrogens with zero attached hydrogens (tertiary/aromatic N) is 11. The summed E-state index contributed by atoms with van der Waals surface area (Å²) in [6, 6.07) is 50.1. The van der Waals surface area contributed by atoms with Crippen molar-refractivity contribution in [1.82, 2.24) is 64.5 Å². The molecule has 8 N–H and O–H groups in total. The highest BCUT2D eigenvalue weighted by atomic mass is 35.5. The highest BCUT2D eigenvalue weighted by Crippen LogP contribution is 2.44. The number of aromatic amines is 4. The van der Waals surface area contributed by atoms with Gasteiger partial charge in [-0.25, -0.2) is 9.97 Å². The molecule has 0 spiro atoms. The summed E-state index contributed by atoms with van der Waals surface area (Å²) in [6.07, 6.45) is 14.3. The monoisotopic (exact) mass is 1930 g/mol. The predicted octanol–water partition coefficient (Wildman–Crippen LogP) is 21.7. The summed E-state index contributed by atoms with van der Waals surface area (Å²) in [7, 11) is 1.73. The molecule has 0 aliphatic carbocycles. The number of piperazine rings is 1. The summed E-state index contributed by atoms with van der Waals surface area (Å²) in [5, 5.41) is 17.6. The Morgan fingerprint density at radius 3 is 1.45 bits per heavy atom. The van der Waals surface area contributed by atoms with E-state index in [1.165, 1.54) is 71.2 Å². The van der Waals surface area contributed by atoms with Gasteiger partial charge in [-0.1, -0.05) is 50.0 Å². The molecular weight excluding hydrogens is 1840 g/mol. The summed E-state index contributed by atoms with van der Waals surface area (Å²) in [5.41, 5.74) is 15.0.